The molecule has 9 aromatic rings. The van der Waals surface area contributed by atoms with Crippen molar-refractivity contribution in [1.29, 1.82) is 0 Å². The monoisotopic (exact) mass is 575 g/mol. The second kappa shape index (κ2) is 10.4. The lowest BCUT2D eigenvalue weighted by molar-refractivity contribution is 0.670. The molecule has 0 atom stereocenters. The Hall–Kier alpha value is -5.86. The minimum atomic E-state index is 0.812. The molecule has 0 saturated carbocycles. The molecule has 0 fully saturated rings. The predicted molar refractivity (Wildman–Crippen MR) is 188 cm³/mol. The minimum Gasteiger partial charge on any atom is -0.455 e. The first-order valence-electron chi connectivity index (χ1n) is 15.5. The standard InChI is InChI=1S/C43H29NO/c1-2-15-32(16-3-1)44-40-23-10-8-19-35(40)39-28-31(25-26-41(39)44)33-17-6-4-13-29(33)27-30-14-5-7-18-34(30)37-21-12-22-38-36-20-9-11-24-42(36)45-43(37)38/h1-26,28H,27H2. The highest BCUT2D eigenvalue weighted by Crippen LogP contribution is 2.39. The van der Waals surface area contributed by atoms with Gasteiger partial charge >= 0.3 is 0 Å². The molecule has 0 radical (unpaired) electrons. The number of furan rings is 1. The van der Waals surface area contributed by atoms with Crippen molar-refractivity contribution in [3.05, 3.63) is 175 Å². The molecule has 0 saturated heterocycles. The normalized spacial score (nSPS) is 11.6. The van der Waals surface area contributed by atoms with Crippen molar-refractivity contribution >= 4 is 43.7 Å². The van der Waals surface area contributed by atoms with Crippen LogP contribution in [-0.4, -0.2) is 4.57 Å². The number of hydrogen-bond donors (Lipinski definition) is 0. The number of para-hydroxylation sites is 4. The highest BCUT2D eigenvalue weighted by Gasteiger charge is 2.17. The summed E-state index contributed by atoms with van der Waals surface area (Å²) in [6.45, 7) is 0. The first-order valence-corrected chi connectivity index (χ1v) is 15.5. The molecule has 9 rings (SSSR count). The van der Waals surface area contributed by atoms with Crippen LogP contribution in [-0.2, 0) is 6.42 Å². The van der Waals surface area contributed by atoms with Crippen LogP contribution in [0.1, 0.15) is 11.1 Å². The van der Waals surface area contributed by atoms with E-state index in [0.717, 1.165) is 33.9 Å². The molecule has 2 heterocycles. The van der Waals surface area contributed by atoms with Gasteiger partial charge in [-0.05, 0) is 70.6 Å². The molecule has 0 spiro atoms. The Morgan fingerprint density at radius 1 is 0.422 bits per heavy atom. The smallest absolute Gasteiger partial charge is 0.143 e. The summed E-state index contributed by atoms with van der Waals surface area (Å²) in [5.74, 6) is 0. The number of fused-ring (bicyclic) bond motifs is 6. The summed E-state index contributed by atoms with van der Waals surface area (Å²) in [6.07, 6.45) is 0.812. The summed E-state index contributed by atoms with van der Waals surface area (Å²) in [5, 5.41) is 4.83. The molecule has 0 amide bonds. The van der Waals surface area contributed by atoms with Crippen molar-refractivity contribution in [3.63, 3.8) is 0 Å². The van der Waals surface area contributed by atoms with Crippen LogP contribution < -0.4 is 0 Å². The van der Waals surface area contributed by atoms with Gasteiger partial charge in [0.2, 0.25) is 0 Å². The quantitative estimate of drug-likeness (QED) is 0.200. The third kappa shape index (κ3) is 4.18. The Morgan fingerprint density at radius 2 is 1.04 bits per heavy atom. The Labute approximate surface area is 261 Å². The van der Waals surface area contributed by atoms with Crippen molar-refractivity contribution in [2.45, 2.75) is 6.42 Å². The summed E-state index contributed by atoms with van der Waals surface area (Å²) in [4.78, 5) is 0. The molecular formula is C43H29NO. The summed E-state index contributed by atoms with van der Waals surface area (Å²) < 4.78 is 8.81. The lowest BCUT2D eigenvalue weighted by Gasteiger charge is -2.14. The van der Waals surface area contributed by atoms with E-state index in [1.54, 1.807) is 0 Å². The van der Waals surface area contributed by atoms with E-state index in [1.165, 1.54) is 55.3 Å². The minimum absolute atomic E-state index is 0.812. The lowest BCUT2D eigenvalue weighted by Crippen LogP contribution is -1.96. The molecule has 0 unspecified atom stereocenters. The fourth-order valence-corrected chi connectivity index (χ4v) is 7.05. The average molecular weight is 576 g/mol. The molecule has 212 valence electrons. The fourth-order valence-electron chi connectivity index (χ4n) is 7.05. The van der Waals surface area contributed by atoms with Crippen molar-refractivity contribution in [1.82, 2.24) is 4.57 Å². The van der Waals surface area contributed by atoms with E-state index in [4.69, 9.17) is 4.42 Å². The van der Waals surface area contributed by atoms with E-state index in [9.17, 15) is 0 Å². The molecule has 0 bridgehead atoms. The molecule has 7 aromatic carbocycles. The van der Waals surface area contributed by atoms with Gasteiger partial charge in [0, 0.05) is 32.8 Å². The Morgan fingerprint density at radius 3 is 1.91 bits per heavy atom. The number of aromatic nitrogens is 1. The van der Waals surface area contributed by atoms with Crippen LogP contribution in [0.15, 0.2) is 168 Å². The zero-order valence-electron chi connectivity index (χ0n) is 24.7. The second-order valence-electron chi connectivity index (χ2n) is 11.7. The number of hydrogen-bond acceptors (Lipinski definition) is 1. The SMILES string of the molecule is c1ccc(-n2c3ccccc3c3cc(-c4ccccc4Cc4ccccc4-c4cccc5c4oc4ccccc45)ccc32)cc1. The van der Waals surface area contributed by atoms with Crippen molar-refractivity contribution in [2.24, 2.45) is 0 Å². The highest BCUT2D eigenvalue weighted by atomic mass is 16.3. The molecule has 45 heavy (non-hydrogen) atoms. The molecule has 0 N–H and O–H groups in total. The van der Waals surface area contributed by atoms with Gasteiger partial charge in [0.15, 0.2) is 0 Å². The predicted octanol–water partition coefficient (Wildman–Crippen LogP) is 11.6. The lowest BCUT2D eigenvalue weighted by atomic mass is 9.90. The van der Waals surface area contributed by atoms with Gasteiger partial charge in [-0.2, -0.15) is 0 Å². The molecule has 2 heteroatoms. The summed E-state index contributed by atoms with van der Waals surface area (Å²) in [7, 11) is 0. The molecule has 0 aliphatic rings. The van der Waals surface area contributed by atoms with Crippen molar-refractivity contribution in [2.75, 3.05) is 0 Å². The van der Waals surface area contributed by atoms with Gasteiger partial charge in [-0.3, -0.25) is 0 Å². The first kappa shape index (κ1) is 25.6. The van der Waals surface area contributed by atoms with Gasteiger partial charge < -0.3 is 8.98 Å². The number of rotatable bonds is 5. The third-order valence-corrected chi connectivity index (χ3v) is 9.11. The van der Waals surface area contributed by atoms with Gasteiger partial charge in [0.1, 0.15) is 11.2 Å². The summed E-state index contributed by atoms with van der Waals surface area (Å²) >= 11 is 0. The maximum atomic E-state index is 6.44. The van der Waals surface area contributed by atoms with Crippen LogP contribution in [0.3, 0.4) is 0 Å². The highest BCUT2D eigenvalue weighted by molar-refractivity contribution is 6.11. The van der Waals surface area contributed by atoms with E-state index in [0.29, 0.717) is 0 Å². The van der Waals surface area contributed by atoms with Crippen LogP contribution in [0.25, 0.3) is 71.7 Å². The number of nitrogens with zero attached hydrogens (tertiary/aromatic N) is 1. The second-order valence-corrected chi connectivity index (χ2v) is 11.7. The third-order valence-electron chi connectivity index (χ3n) is 9.11. The number of benzene rings is 7. The maximum Gasteiger partial charge on any atom is 0.143 e. The van der Waals surface area contributed by atoms with Crippen LogP contribution in [0.2, 0.25) is 0 Å². The molecular weight excluding hydrogens is 546 g/mol. The maximum absolute atomic E-state index is 6.44. The molecule has 0 aliphatic heterocycles. The van der Waals surface area contributed by atoms with Crippen molar-refractivity contribution < 1.29 is 4.42 Å². The van der Waals surface area contributed by atoms with E-state index in [-0.39, 0.29) is 0 Å². The van der Waals surface area contributed by atoms with Gasteiger partial charge in [-0.25, -0.2) is 0 Å². The van der Waals surface area contributed by atoms with Gasteiger partial charge in [0.05, 0.1) is 11.0 Å². The summed E-state index contributed by atoms with van der Waals surface area (Å²) in [5.41, 5.74) is 12.9. The average Bonchev–Trinajstić information content (AvgIpc) is 3.65. The zero-order valence-corrected chi connectivity index (χ0v) is 24.7. The van der Waals surface area contributed by atoms with Gasteiger partial charge in [0.25, 0.3) is 0 Å². The van der Waals surface area contributed by atoms with Crippen LogP contribution in [0.5, 0.6) is 0 Å². The first-order chi connectivity index (χ1) is 22.3. The van der Waals surface area contributed by atoms with Gasteiger partial charge in [-0.1, -0.05) is 127 Å². The van der Waals surface area contributed by atoms with Crippen LogP contribution in [0, 0.1) is 0 Å². The van der Waals surface area contributed by atoms with Crippen LogP contribution in [0.4, 0.5) is 0 Å². The Kier molecular flexibility index (Phi) is 5.92. The van der Waals surface area contributed by atoms with E-state index in [2.05, 4.69) is 162 Å². The topological polar surface area (TPSA) is 18.1 Å². The van der Waals surface area contributed by atoms with Crippen LogP contribution >= 0.6 is 0 Å². The van der Waals surface area contributed by atoms with E-state index >= 15 is 0 Å². The Balaban J connectivity index is 1.17. The molecule has 0 aliphatic carbocycles. The fraction of sp³-hybridized carbons (Fsp3) is 0.0233. The van der Waals surface area contributed by atoms with Gasteiger partial charge in [-0.15, -0.1) is 0 Å². The molecule has 2 aromatic heterocycles. The van der Waals surface area contributed by atoms with E-state index in [1.807, 2.05) is 6.07 Å². The summed E-state index contributed by atoms with van der Waals surface area (Å²) in [6, 6.07) is 58.7. The van der Waals surface area contributed by atoms with Crippen molar-refractivity contribution in [3.8, 4) is 27.9 Å². The Bertz CT molecular complexity index is 2510. The largest absolute Gasteiger partial charge is 0.455 e. The molecule has 2 nitrogen and oxygen atoms in total. The van der Waals surface area contributed by atoms with E-state index < -0.39 is 0 Å². The zero-order chi connectivity index (χ0) is 29.7.